The maximum atomic E-state index is 6.90. The molecule has 0 bridgehead atoms. The number of furan rings is 2. The van der Waals surface area contributed by atoms with Gasteiger partial charge in [-0.3, -0.25) is 0 Å². The van der Waals surface area contributed by atoms with Crippen LogP contribution in [0.1, 0.15) is 12.5 Å². The Bertz CT molecular complexity index is 4090. The van der Waals surface area contributed by atoms with Crippen LogP contribution in [0.15, 0.2) is 228 Å². The van der Waals surface area contributed by atoms with Crippen molar-refractivity contribution in [2.24, 2.45) is 0 Å². The molecule has 0 N–H and O–H groups in total. The van der Waals surface area contributed by atoms with Crippen molar-refractivity contribution in [3.8, 4) is 33.4 Å². The zero-order valence-corrected chi connectivity index (χ0v) is 35.7. The second-order valence-electron chi connectivity index (χ2n) is 17.0. The summed E-state index contributed by atoms with van der Waals surface area (Å²) in [4.78, 5) is 0. The molecule has 0 saturated carbocycles. The summed E-state index contributed by atoms with van der Waals surface area (Å²) in [6.45, 7) is 6.13. The van der Waals surface area contributed by atoms with E-state index in [1.165, 1.54) is 76.1 Å². The van der Waals surface area contributed by atoms with E-state index in [-0.39, 0.29) is 0 Å². The fraction of sp³-hybridized carbons (Fsp3) is 0.0159. The van der Waals surface area contributed by atoms with Gasteiger partial charge in [-0.05, 0) is 142 Å². The van der Waals surface area contributed by atoms with Crippen molar-refractivity contribution in [3.05, 3.63) is 225 Å². The normalized spacial score (nSPS) is 12.5. The van der Waals surface area contributed by atoms with E-state index >= 15 is 0 Å². The molecule has 2 heterocycles. The molecule has 0 amide bonds. The highest BCUT2D eigenvalue weighted by molar-refractivity contribution is 6.27. The smallest absolute Gasteiger partial charge is 0.136 e. The largest absolute Gasteiger partial charge is 0.456 e. The average Bonchev–Trinajstić information content (AvgIpc) is 3.93. The van der Waals surface area contributed by atoms with E-state index in [0.29, 0.717) is 0 Å². The Hall–Kier alpha value is -8.46. The lowest BCUT2D eigenvalue weighted by atomic mass is 9.84. The minimum absolute atomic E-state index is 0.862. The van der Waals surface area contributed by atoms with Gasteiger partial charge in [-0.15, -0.1) is 0 Å². The predicted molar refractivity (Wildman–Crippen MR) is 278 cm³/mol. The third kappa shape index (κ3) is 5.54. The quantitative estimate of drug-likeness (QED) is 0.123. The molecule has 0 aliphatic carbocycles. The number of rotatable bonds is 6. The lowest BCUT2D eigenvalue weighted by Gasteiger charge is -2.18. The Morgan fingerprint density at radius 3 is 1.55 bits per heavy atom. The van der Waals surface area contributed by atoms with Gasteiger partial charge in [0.25, 0.3) is 0 Å². The zero-order chi connectivity index (χ0) is 43.2. The second-order valence-corrected chi connectivity index (χ2v) is 17.0. The van der Waals surface area contributed by atoms with E-state index in [9.17, 15) is 0 Å². The fourth-order valence-corrected chi connectivity index (χ4v) is 10.9. The van der Waals surface area contributed by atoms with E-state index in [4.69, 9.17) is 8.83 Å². The molecule has 2 nitrogen and oxygen atoms in total. The number of hydrogen-bond acceptors (Lipinski definition) is 2. The predicted octanol–water partition coefficient (Wildman–Crippen LogP) is 18.4. The summed E-state index contributed by atoms with van der Waals surface area (Å²) in [5.41, 5.74) is 12.9. The molecule has 0 aliphatic rings. The third-order valence-electron chi connectivity index (χ3n) is 13.5. The van der Waals surface area contributed by atoms with E-state index in [2.05, 4.69) is 220 Å². The Morgan fingerprint density at radius 1 is 0.400 bits per heavy atom. The average molecular weight is 829 g/mol. The first kappa shape index (κ1) is 37.1. The summed E-state index contributed by atoms with van der Waals surface area (Å²) in [7, 11) is 0. The van der Waals surface area contributed by atoms with Crippen LogP contribution in [0.5, 0.6) is 0 Å². The highest BCUT2D eigenvalue weighted by Gasteiger charge is 2.23. The van der Waals surface area contributed by atoms with Gasteiger partial charge in [0, 0.05) is 21.5 Å². The van der Waals surface area contributed by atoms with Crippen LogP contribution in [-0.4, -0.2) is 0 Å². The highest BCUT2D eigenvalue weighted by atomic mass is 16.3. The molecule has 11 aromatic carbocycles. The Morgan fingerprint density at radius 2 is 0.923 bits per heavy atom. The highest BCUT2D eigenvalue weighted by Crippen LogP contribution is 2.49. The van der Waals surface area contributed by atoms with Crippen molar-refractivity contribution in [2.75, 3.05) is 0 Å². The van der Waals surface area contributed by atoms with Crippen LogP contribution in [0.2, 0.25) is 0 Å². The first-order valence-electron chi connectivity index (χ1n) is 22.3. The molecule has 65 heavy (non-hydrogen) atoms. The topological polar surface area (TPSA) is 26.3 Å². The molecule has 13 aromatic rings. The number of hydrogen-bond donors (Lipinski definition) is 0. The van der Waals surface area contributed by atoms with Crippen LogP contribution >= 0.6 is 0 Å². The second kappa shape index (κ2) is 14.6. The van der Waals surface area contributed by atoms with E-state index in [1.807, 2.05) is 6.08 Å². The molecule has 0 radical (unpaired) electrons. The lowest BCUT2D eigenvalue weighted by molar-refractivity contribution is 0.669. The van der Waals surface area contributed by atoms with Gasteiger partial charge in [0.15, 0.2) is 0 Å². The van der Waals surface area contributed by atoms with Gasteiger partial charge in [0.2, 0.25) is 0 Å². The summed E-state index contributed by atoms with van der Waals surface area (Å²) in [5, 5.41) is 16.5. The Labute approximate surface area is 375 Å². The van der Waals surface area contributed by atoms with Crippen molar-refractivity contribution >= 4 is 103 Å². The Balaban J connectivity index is 1.03. The molecule has 0 saturated heterocycles. The van der Waals surface area contributed by atoms with E-state index < -0.39 is 0 Å². The van der Waals surface area contributed by atoms with Crippen molar-refractivity contribution in [2.45, 2.75) is 6.92 Å². The summed E-state index contributed by atoms with van der Waals surface area (Å²) in [5.74, 6) is 0. The molecule has 13 rings (SSSR count). The van der Waals surface area contributed by atoms with Crippen LogP contribution < -0.4 is 0 Å². The maximum absolute atomic E-state index is 6.90. The SMILES string of the molecule is C=C/C=C(\C=C/C)c1c2ccccc2c(-c2cccc3oc4cc(-c5c6ccccc6c(-c6ccc7oc8ccc9ccccc9c8c7c6)c6ccccc56)ccc4c23)c2ccccc12. The monoisotopic (exact) mass is 828 g/mol. The van der Waals surface area contributed by atoms with Gasteiger partial charge in [-0.25, -0.2) is 0 Å². The third-order valence-corrected chi connectivity index (χ3v) is 13.5. The molecule has 2 heteroatoms. The van der Waals surface area contributed by atoms with Crippen molar-refractivity contribution in [3.63, 3.8) is 0 Å². The summed E-state index contributed by atoms with van der Waals surface area (Å²) in [6, 6.07) is 68.2. The van der Waals surface area contributed by atoms with Gasteiger partial charge in [-0.1, -0.05) is 183 Å². The van der Waals surface area contributed by atoms with Crippen molar-refractivity contribution in [1.29, 1.82) is 0 Å². The molecule has 0 unspecified atom stereocenters. The van der Waals surface area contributed by atoms with E-state index in [0.717, 1.165) is 66.1 Å². The van der Waals surface area contributed by atoms with Gasteiger partial charge in [-0.2, -0.15) is 0 Å². The zero-order valence-electron chi connectivity index (χ0n) is 35.7. The van der Waals surface area contributed by atoms with Crippen LogP contribution in [0.25, 0.3) is 137 Å². The molecule has 0 aliphatic heterocycles. The molecule has 0 atom stereocenters. The molecular weight excluding hydrogens is 789 g/mol. The first-order chi connectivity index (χ1) is 32.2. The maximum Gasteiger partial charge on any atom is 0.136 e. The van der Waals surface area contributed by atoms with Crippen molar-refractivity contribution in [1.82, 2.24) is 0 Å². The summed E-state index contributed by atoms with van der Waals surface area (Å²) >= 11 is 0. The molecule has 0 spiro atoms. The standard InChI is InChI=1S/C63H40O2/c1-3-16-39(17-4-2)58-47-24-11-13-26-49(47)61(50-27-14-12-25-48(50)58)52-28-15-29-55-63(52)51-33-30-41(37-57(51)65-55)60-45-22-9-7-20-43(45)59(44-21-8-10-23-46(44)60)40-32-34-54-53(36-40)62-42-19-6-5-18-38(42)31-35-56(62)64-54/h3-37H,1H2,2H3/b17-4-,39-16+. The van der Waals surface area contributed by atoms with E-state index in [1.54, 1.807) is 0 Å². The number of fused-ring (bicyclic) bond motifs is 12. The molecular formula is C63H40O2. The first-order valence-corrected chi connectivity index (χ1v) is 22.3. The number of benzene rings is 11. The van der Waals surface area contributed by atoms with Crippen molar-refractivity contribution < 1.29 is 8.83 Å². The molecule has 2 aromatic heterocycles. The van der Waals surface area contributed by atoms with Gasteiger partial charge >= 0.3 is 0 Å². The molecule has 304 valence electrons. The Kier molecular flexibility index (Phi) is 8.31. The van der Waals surface area contributed by atoms with Gasteiger partial charge in [0.1, 0.15) is 22.3 Å². The van der Waals surface area contributed by atoms with Crippen LogP contribution in [0.4, 0.5) is 0 Å². The number of allylic oxidation sites excluding steroid dienone is 5. The van der Waals surface area contributed by atoms with Crippen LogP contribution in [0.3, 0.4) is 0 Å². The van der Waals surface area contributed by atoms with Crippen LogP contribution in [0, 0.1) is 0 Å². The minimum Gasteiger partial charge on any atom is -0.456 e. The van der Waals surface area contributed by atoms with Gasteiger partial charge in [0.05, 0.1) is 0 Å². The lowest BCUT2D eigenvalue weighted by Crippen LogP contribution is -1.93. The van der Waals surface area contributed by atoms with Crippen LogP contribution in [-0.2, 0) is 0 Å². The van der Waals surface area contributed by atoms with Gasteiger partial charge < -0.3 is 8.83 Å². The summed E-state index contributed by atoms with van der Waals surface area (Å²) in [6.07, 6.45) is 8.27. The summed E-state index contributed by atoms with van der Waals surface area (Å²) < 4.78 is 13.3. The fourth-order valence-electron chi connectivity index (χ4n) is 10.9. The molecule has 0 fully saturated rings. The minimum atomic E-state index is 0.862.